The maximum atomic E-state index is 9.45. The van der Waals surface area contributed by atoms with Crippen LogP contribution in [0.2, 0.25) is 0 Å². The van der Waals surface area contributed by atoms with Crippen LogP contribution in [0.15, 0.2) is 322 Å². The predicted octanol–water partition coefficient (Wildman–Crippen LogP) is 25.9. The molecular weight excluding hydrogens is 1220 g/mol. The second-order valence-corrected chi connectivity index (χ2v) is 26.2. The summed E-state index contributed by atoms with van der Waals surface area (Å²) in [5, 5.41) is 43.2. The Bertz CT molecular complexity index is 6870. The highest BCUT2D eigenvalue weighted by molar-refractivity contribution is 6.26. The van der Waals surface area contributed by atoms with Gasteiger partial charge in [-0.15, -0.1) is 0 Å². The minimum atomic E-state index is 0.582. The molecule has 100 heavy (non-hydrogen) atoms. The number of nitriles is 2. The molecule has 0 N–H and O–H groups in total. The van der Waals surface area contributed by atoms with Crippen molar-refractivity contribution in [3.05, 3.63) is 333 Å². The highest BCUT2D eigenvalue weighted by Gasteiger charge is 2.26. The van der Waals surface area contributed by atoms with Crippen molar-refractivity contribution < 1.29 is 9.47 Å². The van der Waals surface area contributed by atoms with Gasteiger partial charge in [-0.3, -0.25) is 4.98 Å². The zero-order chi connectivity index (χ0) is 66.1. The van der Waals surface area contributed by atoms with Crippen LogP contribution in [0.4, 0.5) is 0 Å². The second kappa shape index (κ2) is 22.5. The van der Waals surface area contributed by atoms with E-state index in [0.29, 0.717) is 16.9 Å². The van der Waals surface area contributed by atoms with Crippen molar-refractivity contribution in [3.63, 3.8) is 0 Å². The zero-order valence-electron chi connectivity index (χ0n) is 53.8. The van der Waals surface area contributed by atoms with E-state index >= 15 is 0 Å². The average molecular weight is 1270 g/mol. The molecular formula is C95H53N3O2. The van der Waals surface area contributed by atoms with Crippen molar-refractivity contribution in [1.82, 2.24) is 4.98 Å². The first-order valence-corrected chi connectivity index (χ1v) is 33.7. The fraction of sp³-hybridized carbons (Fsp3) is 0. The van der Waals surface area contributed by atoms with Crippen molar-refractivity contribution in [2.24, 2.45) is 0 Å². The molecule has 19 aromatic rings. The minimum absolute atomic E-state index is 0.582. The third kappa shape index (κ3) is 8.90. The van der Waals surface area contributed by atoms with E-state index in [9.17, 15) is 10.5 Å². The maximum Gasteiger partial charge on any atom is 0.136 e. The van der Waals surface area contributed by atoms with Gasteiger partial charge in [0, 0.05) is 39.2 Å². The number of fused-ring (bicyclic) bond motifs is 16. The van der Waals surface area contributed by atoms with Gasteiger partial charge < -0.3 is 9.47 Å². The van der Waals surface area contributed by atoms with E-state index in [0.717, 1.165) is 83.4 Å². The van der Waals surface area contributed by atoms with E-state index in [4.69, 9.17) is 14.5 Å². The third-order valence-electron chi connectivity index (χ3n) is 20.8. The number of ether oxygens (including phenoxy) is 2. The van der Waals surface area contributed by atoms with E-state index in [1.165, 1.54) is 120 Å². The van der Waals surface area contributed by atoms with Crippen molar-refractivity contribution in [2.45, 2.75) is 0 Å². The van der Waals surface area contributed by atoms with Gasteiger partial charge in [0.1, 0.15) is 23.0 Å². The zero-order valence-corrected chi connectivity index (χ0v) is 53.8. The number of hydrogen-bond acceptors (Lipinski definition) is 5. The lowest BCUT2D eigenvalue weighted by atomic mass is 9.87. The monoisotopic (exact) mass is 1270 g/mol. The topological polar surface area (TPSA) is 78.9 Å². The van der Waals surface area contributed by atoms with Gasteiger partial charge in [-0.1, -0.05) is 231 Å². The van der Waals surface area contributed by atoms with Crippen LogP contribution < -0.4 is 9.47 Å². The highest BCUT2D eigenvalue weighted by atomic mass is 16.5. The highest BCUT2D eigenvalue weighted by Crippen LogP contribution is 2.52. The third-order valence-corrected chi connectivity index (χ3v) is 20.8. The Hall–Kier alpha value is -13.7. The number of rotatable bonds is 5. The van der Waals surface area contributed by atoms with Crippen LogP contribution in [0.5, 0.6) is 23.0 Å². The van der Waals surface area contributed by atoms with Crippen LogP contribution in [-0.4, -0.2) is 4.98 Å². The molecule has 0 unspecified atom stereocenters. The summed E-state index contributed by atoms with van der Waals surface area (Å²) in [6.07, 6.45) is 2.01. The summed E-state index contributed by atoms with van der Waals surface area (Å²) in [7, 11) is 0. The van der Waals surface area contributed by atoms with E-state index in [2.05, 4.69) is 273 Å². The first kappa shape index (κ1) is 56.6. The molecule has 18 aromatic carbocycles. The van der Waals surface area contributed by atoms with Crippen LogP contribution in [0.1, 0.15) is 11.1 Å². The molecule has 0 radical (unpaired) electrons. The Kier molecular flexibility index (Phi) is 12.7. The number of pyridine rings is 1. The average Bonchev–Trinajstić information content (AvgIpc) is 0.747. The van der Waals surface area contributed by atoms with Gasteiger partial charge >= 0.3 is 0 Å². The fourth-order valence-corrected chi connectivity index (χ4v) is 16.1. The lowest BCUT2D eigenvalue weighted by molar-refractivity contribution is 0.486. The summed E-state index contributed by atoms with van der Waals surface area (Å²) >= 11 is 0. The SMILES string of the molecule is N#Cc1ccc2c(c1)Oc1cccc3c(-c4ccc(-c5cc6c7ccccc7c(-c7cccc8ccccc78)cc6c6ccccc56)cn4)ccc-2c13.N#Cc1ccc2c(c1)Oc1cccc3c(-c4ccc5cc(-c6cc7c8ccccc8ccc7c7ccccc67)ccc5c4)ccc-2c13. The largest absolute Gasteiger partial charge is 0.456 e. The number of nitrogens with zero attached hydrogens (tertiary/aromatic N) is 3. The molecule has 0 atom stereocenters. The summed E-state index contributed by atoms with van der Waals surface area (Å²) in [5.74, 6) is 3.05. The molecule has 460 valence electrons. The first-order chi connectivity index (χ1) is 49.5. The van der Waals surface area contributed by atoms with Gasteiger partial charge in [0.2, 0.25) is 0 Å². The van der Waals surface area contributed by atoms with Crippen LogP contribution in [0.25, 0.3) is 186 Å². The molecule has 2 aliphatic rings. The Morgan fingerprint density at radius 1 is 0.220 bits per heavy atom. The molecule has 5 heteroatoms. The summed E-state index contributed by atoms with van der Waals surface area (Å²) < 4.78 is 12.7. The fourth-order valence-electron chi connectivity index (χ4n) is 16.1. The van der Waals surface area contributed by atoms with Crippen molar-refractivity contribution >= 4 is 108 Å². The lowest BCUT2D eigenvalue weighted by Gasteiger charge is -2.22. The Morgan fingerprint density at radius 3 is 1.22 bits per heavy atom. The smallest absolute Gasteiger partial charge is 0.136 e. The molecule has 0 fully saturated rings. The van der Waals surface area contributed by atoms with Crippen LogP contribution >= 0.6 is 0 Å². The quantitative estimate of drug-likeness (QED) is 0.160. The number of hydrogen-bond donors (Lipinski definition) is 0. The summed E-state index contributed by atoms with van der Waals surface area (Å²) in [4.78, 5) is 5.10. The van der Waals surface area contributed by atoms with Crippen molar-refractivity contribution in [1.29, 1.82) is 10.5 Å². The van der Waals surface area contributed by atoms with Crippen LogP contribution in [0.3, 0.4) is 0 Å². The van der Waals surface area contributed by atoms with Crippen LogP contribution in [-0.2, 0) is 0 Å². The van der Waals surface area contributed by atoms with E-state index in [1.54, 1.807) is 0 Å². The molecule has 1 aromatic heterocycles. The van der Waals surface area contributed by atoms with Gasteiger partial charge in [-0.05, 0) is 232 Å². The Morgan fingerprint density at radius 2 is 0.630 bits per heavy atom. The summed E-state index contributed by atoms with van der Waals surface area (Å²) in [6.45, 7) is 0. The Balaban J connectivity index is 0.000000136. The molecule has 0 spiro atoms. The molecule has 0 saturated carbocycles. The van der Waals surface area contributed by atoms with Crippen molar-refractivity contribution in [3.8, 4) is 113 Å². The van der Waals surface area contributed by atoms with E-state index < -0.39 is 0 Å². The van der Waals surface area contributed by atoms with Gasteiger partial charge in [0.05, 0.1) is 29.0 Å². The van der Waals surface area contributed by atoms with Gasteiger partial charge in [0.15, 0.2) is 0 Å². The minimum Gasteiger partial charge on any atom is -0.456 e. The van der Waals surface area contributed by atoms with Gasteiger partial charge in [-0.2, -0.15) is 10.5 Å². The summed E-state index contributed by atoms with van der Waals surface area (Å²) in [5.41, 5.74) is 16.9. The lowest BCUT2D eigenvalue weighted by Crippen LogP contribution is -1.98. The first-order valence-electron chi connectivity index (χ1n) is 33.7. The Labute approximate surface area is 575 Å². The molecule has 2 aliphatic heterocycles. The molecule has 21 rings (SSSR count). The number of aromatic nitrogens is 1. The molecule has 3 heterocycles. The maximum absolute atomic E-state index is 9.45. The van der Waals surface area contributed by atoms with E-state index in [-0.39, 0.29) is 0 Å². The van der Waals surface area contributed by atoms with Gasteiger partial charge in [-0.25, -0.2) is 0 Å². The molecule has 5 nitrogen and oxygen atoms in total. The molecule has 0 bridgehead atoms. The summed E-state index contributed by atoms with van der Waals surface area (Å²) in [6, 6.07) is 117. The standard InChI is InChI=1S/C50H28N2O.C45H25NO/c51-28-30-19-21-40-42-23-22-39(41-17-8-18-48(50(41)42)53-49(40)25-30)47-24-20-32(29-52-47)43-26-45-38-15-6-5-14-37(38)44(27-46(45)36-13-4-3-12-35(36)43)34-16-7-10-31-9-1-2-11-33(31)34;46-26-27-12-18-38-40-21-20-34(39-10-5-11-43(45(39)40)47-44(38)22-27)31-15-13-30-24-32(16-14-29(30)23-31)41-25-42-33-7-2-1-6-28(33)17-19-37(42)35-8-3-4-9-36(35)41/h1-27,29H;1-25H. The van der Waals surface area contributed by atoms with E-state index in [1.807, 2.05) is 60.8 Å². The normalized spacial score (nSPS) is 11.9. The molecule has 0 amide bonds. The van der Waals surface area contributed by atoms with Gasteiger partial charge in [0.25, 0.3) is 0 Å². The van der Waals surface area contributed by atoms with Crippen molar-refractivity contribution in [2.75, 3.05) is 0 Å². The predicted molar refractivity (Wildman–Crippen MR) is 413 cm³/mol. The number of benzene rings is 18. The van der Waals surface area contributed by atoms with Crippen LogP contribution in [0, 0.1) is 22.7 Å². The molecule has 0 aliphatic carbocycles. The molecule has 0 saturated heterocycles. The second-order valence-electron chi connectivity index (χ2n) is 26.2.